The second-order valence-corrected chi connectivity index (χ2v) is 4.55. The molecule has 21 heavy (non-hydrogen) atoms. The largest absolute Gasteiger partial charge is 0.463 e. The zero-order valence-corrected chi connectivity index (χ0v) is 11.6. The molecule has 0 bridgehead atoms. The summed E-state index contributed by atoms with van der Waals surface area (Å²) in [5.41, 5.74) is 1.24. The summed E-state index contributed by atoms with van der Waals surface area (Å²) < 4.78 is 12.7. The number of rotatable bonds is 3. The molecule has 0 amide bonds. The number of esters is 1. The standard InChI is InChI=1S/C14H13N3O4/c1-9-11-4-3-7-16(11)14(19)17(15-9)8-10-5-6-12(21-10)13(18)20-2/h3-7H,8H2,1-2H3. The van der Waals surface area contributed by atoms with Crippen molar-refractivity contribution in [1.29, 1.82) is 0 Å². The average molecular weight is 287 g/mol. The SMILES string of the molecule is COC(=O)c1ccc(Cn2nc(C)c3cccn3c2=O)o1. The number of fused-ring (bicyclic) bond motifs is 1. The third-order valence-electron chi connectivity index (χ3n) is 3.17. The van der Waals surface area contributed by atoms with Crippen molar-refractivity contribution < 1.29 is 13.9 Å². The molecule has 108 valence electrons. The minimum Gasteiger partial charge on any atom is -0.463 e. The van der Waals surface area contributed by atoms with Gasteiger partial charge in [-0.05, 0) is 31.2 Å². The molecule has 3 rings (SSSR count). The van der Waals surface area contributed by atoms with Crippen LogP contribution in [0.2, 0.25) is 0 Å². The monoisotopic (exact) mass is 287 g/mol. The van der Waals surface area contributed by atoms with Gasteiger partial charge in [0.05, 0.1) is 18.3 Å². The van der Waals surface area contributed by atoms with Crippen molar-refractivity contribution in [3.05, 3.63) is 58.2 Å². The maximum absolute atomic E-state index is 12.3. The molecule has 0 spiro atoms. The Morgan fingerprint density at radius 1 is 1.38 bits per heavy atom. The Kier molecular flexibility index (Phi) is 3.09. The highest BCUT2D eigenvalue weighted by atomic mass is 16.5. The molecule has 0 aliphatic carbocycles. The molecule has 7 heteroatoms. The molecule has 0 N–H and O–H groups in total. The number of carbonyl (C=O) groups excluding carboxylic acids is 1. The van der Waals surface area contributed by atoms with Crippen LogP contribution in [0.25, 0.3) is 5.52 Å². The summed E-state index contributed by atoms with van der Waals surface area (Å²) in [6, 6.07) is 6.75. The lowest BCUT2D eigenvalue weighted by molar-refractivity contribution is 0.0562. The van der Waals surface area contributed by atoms with Crippen LogP contribution in [-0.2, 0) is 11.3 Å². The minimum absolute atomic E-state index is 0.0966. The number of hydrogen-bond acceptors (Lipinski definition) is 5. The van der Waals surface area contributed by atoms with Crippen molar-refractivity contribution in [3.8, 4) is 0 Å². The second-order valence-electron chi connectivity index (χ2n) is 4.55. The molecule has 3 heterocycles. The van der Waals surface area contributed by atoms with Gasteiger partial charge >= 0.3 is 11.7 Å². The Balaban J connectivity index is 1.98. The van der Waals surface area contributed by atoms with Crippen LogP contribution in [0.15, 0.2) is 39.7 Å². The minimum atomic E-state index is -0.557. The highest BCUT2D eigenvalue weighted by Gasteiger charge is 2.13. The summed E-state index contributed by atoms with van der Waals surface area (Å²) >= 11 is 0. The predicted octanol–water partition coefficient (Wildman–Crippen LogP) is 1.23. The van der Waals surface area contributed by atoms with Crippen LogP contribution in [-0.4, -0.2) is 27.3 Å². The van der Waals surface area contributed by atoms with E-state index in [4.69, 9.17) is 4.42 Å². The lowest BCUT2D eigenvalue weighted by atomic mass is 10.4. The highest BCUT2D eigenvalue weighted by Crippen LogP contribution is 2.10. The average Bonchev–Trinajstić information content (AvgIpc) is 3.13. The van der Waals surface area contributed by atoms with Crippen molar-refractivity contribution >= 4 is 11.5 Å². The van der Waals surface area contributed by atoms with Gasteiger partial charge in [0.1, 0.15) is 12.3 Å². The van der Waals surface area contributed by atoms with Crippen LogP contribution in [0, 0.1) is 6.92 Å². The fourth-order valence-corrected chi connectivity index (χ4v) is 2.17. The molecule has 0 radical (unpaired) electrons. The molecule has 0 fully saturated rings. The Morgan fingerprint density at radius 3 is 2.95 bits per heavy atom. The molecule has 0 aliphatic heterocycles. The van der Waals surface area contributed by atoms with Crippen molar-refractivity contribution in [1.82, 2.24) is 14.2 Å². The van der Waals surface area contributed by atoms with E-state index in [0.29, 0.717) is 5.76 Å². The van der Waals surface area contributed by atoms with Gasteiger partial charge in [0.25, 0.3) is 0 Å². The first-order valence-corrected chi connectivity index (χ1v) is 6.32. The first kappa shape index (κ1) is 13.2. The maximum atomic E-state index is 12.3. The Bertz CT molecular complexity index is 872. The zero-order valence-electron chi connectivity index (χ0n) is 11.6. The number of ether oxygens (including phenoxy) is 1. The summed E-state index contributed by atoms with van der Waals surface area (Å²) in [6.45, 7) is 1.97. The van der Waals surface area contributed by atoms with Crippen LogP contribution in [0.5, 0.6) is 0 Å². The summed E-state index contributed by atoms with van der Waals surface area (Å²) in [4.78, 5) is 23.6. The molecular formula is C14H13N3O4. The Labute approximate surface area is 119 Å². The van der Waals surface area contributed by atoms with Gasteiger partial charge in [0.2, 0.25) is 5.76 Å². The molecule has 0 saturated carbocycles. The second kappa shape index (κ2) is 4.93. The summed E-state index contributed by atoms with van der Waals surface area (Å²) in [7, 11) is 1.28. The normalized spacial score (nSPS) is 11.0. The van der Waals surface area contributed by atoms with E-state index < -0.39 is 5.97 Å². The number of aryl methyl sites for hydroxylation is 1. The van der Waals surface area contributed by atoms with Gasteiger partial charge in [-0.1, -0.05) is 0 Å². The number of furan rings is 1. The number of nitrogens with zero attached hydrogens (tertiary/aromatic N) is 3. The topological polar surface area (TPSA) is 78.7 Å². The molecule has 3 aromatic heterocycles. The van der Waals surface area contributed by atoms with E-state index >= 15 is 0 Å². The third kappa shape index (κ3) is 2.22. The fourth-order valence-electron chi connectivity index (χ4n) is 2.17. The molecular weight excluding hydrogens is 274 g/mol. The first-order valence-electron chi connectivity index (χ1n) is 6.32. The smallest absolute Gasteiger partial charge is 0.373 e. The van der Waals surface area contributed by atoms with E-state index in [9.17, 15) is 9.59 Å². The summed E-state index contributed by atoms with van der Waals surface area (Å²) in [5, 5.41) is 4.25. The van der Waals surface area contributed by atoms with Gasteiger partial charge in [-0.3, -0.25) is 4.40 Å². The van der Waals surface area contributed by atoms with Gasteiger partial charge in [0, 0.05) is 6.20 Å². The van der Waals surface area contributed by atoms with E-state index in [1.54, 1.807) is 18.3 Å². The third-order valence-corrected chi connectivity index (χ3v) is 3.17. The van der Waals surface area contributed by atoms with E-state index in [1.165, 1.54) is 22.3 Å². The number of hydrogen-bond donors (Lipinski definition) is 0. The lowest BCUT2D eigenvalue weighted by Gasteiger charge is -2.06. The van der Waals surface area contributed by atoms with Crippen LogP contribution in [0.3, 0.4) is 0 Å². The summed E-state index contributed by atoms with van der Waals surface area (Å²) in [6.07, 6.45) is 1.69. The molecule has 0 atom stereocenters. The molecule has 0 aliphatic rings. The molecule has 7 nitrogen and oxygen atoms in total. The fraction of sp³-hybridized carbons (Fsp3) is 0.214. The van der Waals surface area contributed by atoms with E-state index in [-0.39, 0.29) is 18.0 Å². The first-order chi connectivity index (χ1) is 10.1. The molecule has 0 aromatic carbocycles. The van der Waals surface area contributed by atoms with E-state index in [2.05, 4.69) is 9.84 Å². The Morgan fingerprint density at radius 2 is 2.19 bits per heavy atom. The van der Waals surface area contributed by atoms with Gasteiger partial charge in [-0.15, -0.1) is 0 Å². The maximum Gasteiger partial charge on any atom is 0.373 e. The molecule has 3 aromatic rings. The van der Waals surface area contributed by atoms with Gasteiger partial charge in [-0.25, -0.2) is 14.3 Å². The summed E-state index contributed by atoms with van der Waals surface area (Å²) in [5.74, 6) is -0.00572. The van der Waals surface area contributed by atoms with E-state index in [0.717, 1.165) is 11.2 Å². The number of carbonyl (C=O) groups is 1. The quantitative estimate of drug-likeness (QED) is 0.677. The van der Waals surface area contributed by atoms with Gasteiger partial charge in [-0.2, -0.15) is 5.10 Å². The van der Waals surface area contributed by atoms with Crippen LogP contribution in [0.1, 0.15) is 22.0 Å². The van der Waals surface area contributed by atoms with Crippen molar-refractivity contribution in [2.45, 2.75) is 13.5 Å². The number of aromatic nitrogens is 3. The van der Waals surface area contributed by atoms with Crippen LogP contribution < -0.4 is 5.69 Å². The lowest BCUT2D eigenvalue weighted by Crippen LogP contribution is -2.29. The predicted molar refractivity (Wildman–Crippen MR) is 73.3 cm³/mol. The zero-order chi connectivity index (χ0) is 15.0. The molecule has 0 saturated heterocycles. The Hall–Kier alpha value is -2.83. The molecule has 0 unspecified atom stereocenters. The van der Waals surface area contributed by atoms with Crippen molar-refractivity contribution in [2.24, 2.45) is 0 Å². The van der Waals surface area contributed by atoms with Gasteiger partial charge in [0.15, 0.2) is 0 Å². The van der Waals surface area contributed by atoms with Crippen molar-refractivity contribution in [2.75, 3.05) is 7.11 Å². The van der Waals surface area contributed by atoms with Crippen LogP contribution in [0.4, 0.5) is 0 Å². The van der Waals surface area contributed by atoms with Crippen molar-refractivity contribution in [3.63, 3.8) is 0 Å². The van der Waals surface area contributed by atoms with Crippen LogP contribution >= 0.6 is 0 Å². The number of methoxy groups -OCH3 is 1. The van der Waals surface area contributed by atoms with E-state index in [1.807, 2.05) is 13.0 Å². The highest BCUT2D eigenvalue weighted by molar-refractivity contribution is 5.86. The van der Waals surface area contributed by atoms with Gasteiger partial charge < -0.3 is 9.15 Å².